The Labute approximate surface area is 506 Å². The van der Waals surface area contributed by atoms with Gasteiger partial charge in [-0.05, 0) is 191 Å². The Kier molecular flexibility index (Phi) is 12.1. The summed E-state index contributed by atoms with van der Waals surface area (Å²) in [7, 11) is 0. The second-order valence-corrected chi connectivity index (χ2v) is 23.5. The molecule has 1 aliphatic rings. The van der Waals surface area contributed by atoms with Gasteiger partial charge >= 0.3 is 0 Å². The van der Waals surface area contributed by atoms with Crippen LogP contribution in [0.25, 0.3) is 153 Å². The Balaban J connectivity index is 0.848. The van der Waals surface area contributed by atoms with Gasteiger partial charge in [0.25, 0.3) is 0 Å². The van der Waals surface area contributed by atoms with Gasteiger partial charge in [-0.25, -0.2) is 0 Å². The Morgan fingerprint density at radius 1 is 0.299 bits per heavy atom. The van der Waals surface area contributed by atoms with Crippen LogP contribution in [-0.2, 0) is 0 Å². The van der Waals surface area contributed by atoms with E-state index >= 15 is 0 Å². The van der Waals surface area contributed by atoms with Crippen molar-refractivity contribution in [1.82, 2.24) is 29.1 Å². The topological polar surface area (TPSA) is 61.4 Å². The quantitative estimate of drug-likeness (QED) is 0.137. The Morgan fingerprint density at radius 3 is 1.05 bits per heavy atom. The number of fused-ring (bicyclic) bond motifs is 9. The Morgan fingerprint density at radius 2 is 0.655 bits per heavy atom. The van der Waals surface area contributed by atoms with Gasteiger partial charge in [-0.3, -0.25) is 19.9 Å². The number of allylic oxidation sites excluding steroid dienone is 4. The molecule has 0 bridgehead atoms. The summed E-state index contributed by atoms with van der Waals surface area (Å²) in [5.74, 6) is 0. The van der Waals surface area contributed by atoms with Gasteiger partial charge in [0, 0.05) is 100 Å². The summed E-state index contributed by atoms with van der Waals surface area (Å²) in [6.07, 6.45) is 14.0. The number of pyridine rings is 4. The van der Waals surface area contributed by atoms with E-state index in [1.165, 1.54) is 58.4 Å². The van der Waals surface area contributed by atoms with Crippen LogP contribution in [0.3, 0.4) is 0 Å². The normalized spacial score (nSPS) is 12.6. The lowest BCUT2D eigenvalue weighted by molar-refractivity contribution is 1.05. The largest absolute Gasteiger partial charge is 0.309 e. The van der Waals surface area contributed by atoms with E-state index in [0.717, 1.165) is 119 Å². The third kappa shape index (κ3) is 8.61. The van der Waals surface area contributed by atoms with Crippen molar-refractivity contribution in [2.24, 2.45) is 0 Å². The van der Waals surface area contributed by atoms with Crippen LogP contribution >= 0.6 is 11.3 Å². The minimum atomic E-state index is 0.943. The SMILES string of the molecule is C1=CC(c2ccccn2)=C(c2ccc3c(c2)c2cc(-c4ccccc4-c4ccccn4)ccc2n3-c2ccc3sc4ccc(-n5c6ccc(-c7ccccc7-c7ccccn7)cc6c6cc(-c7ccccc7-c7ccccn7)ccc65)cc4c3c2)CC1. The van der Waals surface area contributed by atoms with Crippen molar-refractivity contribution in [3.05, 3.63) is 303 Å². The van der Waals surface area contributed by atoms with Crippen LogP contribution in [0, 0.1) is 0 Å². The molecule has 87 heavy (non-hydrogen) atoms. The molecular formula is C80H52N6S. The van der Waals surface area contributed by atoms with E-state index in [4.69, 9.17) is 19.9 Å². The molecular weight excluding hydrogens is 1080 g/mol. The van der Waals surface area contributed by atoms with Gasteiger partial charge in [-0.2, -0.15) is 0 Å². The Hall–Kier alpha value is -11.1. The van der Waals surface area contributed by atoms with Crippen LogP contribution in [0.15, 0.2) is 292 Å². The van der Waals surface area contributed by atoms with Crippen molar-refractivity contribution in [1.29, 1.82) is 0 Å². The van der Waals surface area contributed by atoms with Crippen LogP contribution in [0.4, 0.5) is 0 Å². The summed E-state index contributed by atoms with van der Waals surface area (Å²) >= 11 is 1.85. The first kappa shape index (κ1) is 50.4. The molecule has 16 aromatic rings. The summed E-state index contributed by atoms with van der Waals surface area (Å²) in [5, 5.41) is 7.20. The monoisotopic (exact) mass is 1130 g/mol. The van der Waals surface area contributed by atoms with Crippen LogP contribution in [0.2, 0.25) is 0 Å². The molecule has 9 aromatic carbocycles. The maximum absolute atomic E-state index is 4.83. The fourth-order valence-electron chi connectivity index (χ4n) is 13.5. The molecule has 0 aliphatic heterocycles. The van der Waals surface area contributed by atoms with Gasteiger partial charge in [0.15, 0.2) is 0 Å². The number of benzene rings is 9. The van der Waals surface area contributed by atoms with Crippen molar-refractivity contribution in [2.75, 3.05) is 0 Å². The van der Waals surface area contributed by atoms with E-state index in [0.29, 0.717) is 0 Å². The molecule has 0 unspecified atom stereocenters. The van der Waals surface area contributed by atoms with E-state index in [1.54, 1.807) is 0 Å². The number of hydrogen-bond acceptors (Lipinski definition) is 5. The lowest BCUT2D eigenvalue weighted by Crippen LogP contribution is -1.97. The van der Waals surface area contributed by atoms with Crippen molar-refractivity contribution in [2.45, 2.75) is 12.8 Å². The van der Waals surface area contributed by atoms with E-state index in [9.17, 15) is 0 Å². The molecule has 408 valence electrons. The summed E-state index contributed by atoms with van der Waals surface area (Å²) in [5.41, 5.74) is 24.5. The maximum Gasteiger partial charge on any atom is 0.0708 e. The van der Waals surface area contributed by atoms with Crippen molar-refractivity contribution >= 4 is 86.3 Å². The molecule has 0 saturated heterocycles. The fourth-order valence-corrected chi connectivity index (χ4v) is 14.6. The lowest BCUT2D eigenvalue weighted by atomic mass is 9.89. The second kappa shape index (κ2) is 20.9. The minimum absolute atomic E-state index is 0.943. The zero-order valence-corrected chi connectivity index (χ0v) is 48.0. The second-order valence-electron chi connectivity index (χ2n) is 22.4. The summed E-state index contributed by atoms with van der Waals surface area (Å²) in [4.78, 5) is 19.2. The zero-order valence-electron chi connectivity index (χ0n) is 47.2. The predicted octanol–water partition coefficient (Wildman–Crippen LogP) is 21.1. The fraction of sp³-hybridized carbons (Fsp3) is 0.0250. The van der Waals surface area contributed by atoms with Gasteiger partial charge in [0.1, 0.15) is 0 Å². The molecule has 1 aliphatic carbocycles. The van der Waals surface area contributed by atoms with Gasteiger partial charge < -0.3 is 9.13 Å². The van der Waals surface area contributed by atoms with Gasteiger partial charge in [-0.1, -0.05) is 133 Å². The van der Waals surface area contributed by atoms with E-state index in [-0.39, 0.29) is 0 Å². The van der Waals surface area contributed by atoms with Crippen LogP contribution in [0.1, 0.15) is 24.1 Å². The number of thiophene rings is 1. The summed E-state index contributed by atoms with van der Waals surface area (Å²) in [6.45, 7) is 0. The van der Waals surface area contributed by atoms with E-state index in [2.05, 4.69) is 252 Å². The third-order valence-corrected chi connectivity index (χ3v) is 18.6. The molecule has 0 atom stereocenters. The van der Waals surface area contributed by atoms with Crippen LogP contribution < -0.4 is 0 Å². The molecule has 7 heterocycles. The minimum Gasteiger partial charge on any atom is -0.309 e. The van der Waals surface area contributed by atoms with Crippen molar-refractivity contribution < 1.29 is 0 Å². The molecule has 17 rings (SSSR count). The van der Waals surface area contributed by atoms with Crippen molar-refractivity contribution in [3.8, 4) is 78.5 Å². The average molecular weight is 1130 g/mol. The molecule has 7 aromatic heterocycles. The molecule has 7 heteroatoms. The maximum atomic E-state index is 4.83. The smallest absolute Gasteiger partial charge is 0.0708 e. The number of hydrogen-bond donors (Lipinski definition) is 0. The van der Waals surface area contributed by atoms with Crippen LogP contribution in [0.5, 0.6) is 0 Å². The highest BCUT2D eigenvalue weighted by atomic mass is 32.1. The Bertz CT molecular complexity index is 5300. The molecule has 0 N–H and O–H groups in total. The first-order valence-electron chi connectivity index (χ1n) is 29.6. The number of nitrogens with zero attached hydrogens (tertiary/aromatic N) is 6. The standard InChI is InChI=1S/C80H52N6S/c1-5-21-61(71-25-9-13-41-81-71)57(17-1)51-29-35-75-65(45-51)66-46-52(58-18-2-6-22-62(58)72-26-10-14-42-82-72)30-36-76(66)85(75)55-33-39-79-69(49-55)70-50-56(34-40-80(70)87-79)86-77-37-31-53(59-19-3-7-23-63(59)73-27-11-15-43-83-73)47-67(77)68-48-54(32-38-78(68)86)60-20-4-8-24-64(60)74-28-12-16-44-84-74/h1-3,5-19,21-50H,4,20H2. The first-order valence-corrected chi connectivity index (χ1v) is 30.4. The number of rotatable bonds is 10. The predicted molar refractivity (Wildman–Crippen MR) is 363 cm³/mol. The zero-order chi connectivity index (χ0) is 57.4. The van der Waals surface area contributed by atoms with Gasteiger partial charge in [0.2, 0.25) is 0 Å². The summed E-state index contributed by atoms with van der Waals surface area (Å²) < 4.78 is 7.43. The number of aromatic nitrogens is 6. The van der Waals surface area contributed by atoms with Gasteiger partial charge in [-0.15, -0.1) is 11.3 Å². The highest BCUT2D eigenvalue weighted by Crippen LogP contribution is 2.45. The lowest BCUT2D eigenvalue weighted by Gasteiger charge is -2.17. The average Bonchev–Trinajstić information content (AvgIpc) is 1.69. The highest BCUT2D eigenvalue weighted by Gasteiger charge is 2.22. The van der Waals surface area contributed by atoms with Crippen molar-refractivity contribution in [3.63, 3.8) is 0 Å². The third-order valence-electron chi connectivity index (χ3n) is 17.5. The molecule has 6 nitrogen and oxygen atoms in total. The van der Waals surface area contributed by atoms with Gasteiger partial charge in [0.05, 0.1) is 44.8 Å². The van der Waals surface area contributed by atoms with Crippen LogP contribution in [-0.4, -0.2) is 29.1 Å². The van der Waals surface area contributed by atoms with E-state index < -0.39 is 0 Å². The molecule has 0 spiro atoms. The highest BCUT2D eigenvalue weighted by molar-refractivity contribution is 7.25. The first-order chi connectivity index (χ1) is 43.1. The molecule has 0 radical (unpaired) electrons. The molecule has 0 amide bonds. The molecule has 0 saturated carbocycles. The molecule has 0 fully saturated rings. The van der Waals surface area contributed by atoms with E-state index in [1.807, 2.05) is 60.4 Å². The summed E-state index contributed by atoms with van der Waals surface area (Å²) in [6, 6.07) is 92.6.